The second-order valence-electron chi connectivity index (χ2n) is 6.02. The molecule has 1 aliphatic carbocycles. The lowest BCUT2D eigenvalue weighted by atomic mass is 9.91. The molecule has 0 spiro atoms. The van der Waals surface area contributed by atoms with E-state index in [9.17, 15) is 5.11 Å². The molecule has 2 aliphatic rings. The molecule has 1 aliphatic heterocycles. The molecule has 0 saturated carbocycles. The average Bonchev–Trinajstić information content (AvgIpc) is 2.80. The van der Waals surface area contributed by atoms with E-state index >= 15 is 0 Å². The van der Waals surface area contributed by atoms with E-state index in [4.69, 9.17) is 17.0 Å². The van der Waals surface area contributed by atoms with Crippen LogP contribution in [-0.4, -0.2) is 23.1 Å². The van der Waals surface area contributed by atoms with Crippen molar-refractivity contribution in [1.82, 2.24) is 0 Å². The summed E-state index contributed by atoms with van der Waals surface area (Å²) in [7, 11) is 0. The van der Waals surface area contributed by atoms with Crippen molar-refractivity contribution >= 4 is 23.0 Å². The molecule has 4 heteroatoms. The first kappa shape index (κ1) is 16.5. The number of allylic oxidation sites excluding steroid dienone is 7. The molecule has 0 amide bonds. The van der Waals surface area contributed by atoms with E-state index in [0.717, 1.165) is 22.4 Å². The number of hydrogen-bond acceptors (Lipinski definition) is 3. The normalized spacial score (nSPS) is 20.5. The third kappa shape index (κ3) is 3.13. The third-order valence-corrected chi connectivity index (χ3v) is 4.37. The van der Waals surface area contributed by atoms with Crippen LogP contribution in [0.15, 0.2) is 76.0 Å². The maximum Gasteiger partial charge on any atom is 0.123 e. The van der Waals surface area contributed by atoms with Crippen LogP contribution in [0, 0.1) is 11.3 Å². The van der Waals surface area contributed by atoms with E-state index in [1.807, 2.05) is 36.4 Å². The number of nitrogens with one attached hydrogen (secondary N) is 1. The average molecular weight is 339 g/mol. The number of benzene rings is 1. The standard InChI is InChI=1S/C20H19ClN2O/c1-12-3-9-16-17(10-4-12)20(14-5-7-15(21)8-6-14)23-11-18(24)19(16)13(2)22/h3-10,12,22,24H,11H2,1-2H3. The molecule has 3 rings (SSSR count). The summed E-state index contributed by atoms with van der Waals surface area (Å²) in [5.74, 6) is 0.407. The van der Waals surface area contributed by atoms with Gasteiger partial charge in [0.1, 0.15) is 5.76 Å². The molecule has 1 unspecified atom stereocenters. The molecule has 1 atom stereocenters. The second kappa shape index (κ2) is 6.62. The topological polar surface area (TPSA) is 56.4 Å². The highest BCUT2D eigenvalue weighted by molar-refractivity contribution is 6.30. The van der Waals surface area contributed by atoms with Crippen molar-refractivity contribution in [3.8, 4) is 0 Å². The first-order chi connectivity index (χ1) is 11.5. The first-order valence-corrected chi connectivity index (χ1v) is 8.24. The van der Waals surface area contributed by atoms with Crippen molar-refractivity contribution in [3.63, 3.8) is 0 Å². The Morgan fingerprint density at radius 3 is 2.42 bits per heavy atom. The smallest absolute Gasteiger partial charge is 0.123 e. The monoisotopic (exact) mass is 338 g/mol. The zero-order valence-corrected chi connectivity index (χ0v) is 14.4. The minimum absolute atomic E-state index is 0.131. The van der Waals surface area contributed by atoms with Crippen LogP contribution in [0.1, 0.15) is 19.4 Å². The molecule has 1 aromatic carbocycles. The van der Waals surface area contributed by atoms with E-state index in [0.29, 0.717) is 16.3 Å². The fourth-order valence-electron chi connectivity index (χ4n) is 2.91. The van der Waals surface area contributed by atoms with Gasteiger partial charge in [-0.15, -0.1) is 0 Å². The summed E-state index contributed by atoms with van der Waals surface area (Å²) >= 11 is 6.00. The van der Waals surface area contributed by atoms with E-state index in [-0.39, 0.29) is 18.2 Å². The van der Waals surface area contributed by atoms with Crippen molar-refractivity contribution < 1.29 is 5.11 Å². The van der Waals surface area contributed by atoms with Crippen molar-refractivity contribution in [2.24, 2.45) is 10.9 Å². The van der Waals surface area contributed by atoms with E-state index in [2.05, 4.69) is 24.1 Å². The highest BCUT2D eigenvalue weighted by atomic mass is 35.5. The van der Waals surface area contributed by atoms with E-state index in [1.54, 1.807) is 6.92 Å². The number of rotatable bonds is 2. The van der Waals surface area contributed by atoms with Gasteiger partial charge < -0.3 is 10.5 Å². The van der Waals surface area contributed by atoms with Crippen LogP contribution in [0.25, 0.3) is 0 Å². The Balaban J connectivity index is 2.24. The molecule has 0 bridgehead atoms. The van der Waals surface area contributed by atoms with Crippen LogP contribution in [-0.2, 0) is 0 Å². The van der Waals surface area contributed by atoms with Gasteiger partial charge in [-0.25, -0.2) is 0 Å². The van der Waals surface area contributed by atoms with Crippen LogP contribution >= 0.6 is 11.6 Å². The van der Waals surface area contributed by atoms with Crippen molar-refractivity contribution in [3.05, 3.63) is 81.6 Å². The van der Waals surface area contributed by atoms with Gasteiger partial charge in [-0.3, -0.25) is 4.99 Å². The molecule has 1 heterocycles. The highest BCUT2D eigenvalue weighted by Crippen LogP contribution is 2.30. The second-order valence-corrected chi connectivity index (χ2v) is 6.46. The van der Waals surface area contributed by atoms with Gasteiger partial charge in [0.15, 0.2) is 0 Å². The van der Waals surface area contributed by atoms with Crippen molar-refractivity contribution in [2.75, 3.05) is 6.54 Å². The SMILES string of the molecule is CC(=N)C1=C(O)CN=C(c2ccc(Cl)cc2)C2=C1C=CC(C)C=C2. The first-order valence-electron chi connectivity index (χ1n) is 7.87. The van der Waals surface area contributed by atoms with E-state index < -0.39 is 0 Å². The molecular formula is C20H19ClN2O. The Kier molecular flexibility index (Phi) is 4.54. The summed E-state index contributed by atoms with van der Waals surface area (Å²) in [5, 5.41) is 19.2. The predicted molar refractivity (Wildman–Crippen MR) is 100 cm³/mol. The molecule has 24 heavy (non-hydrogen) atoms. The Hall–Kier alpha value is -2.39. The van der Waals surface area contributed by atoms with Gasteiger partial charge in [0.05, 0.1) is 12.3 Å². The molecular weight excluding hydrogens is 320 g/mol. The third-order valence-electron chi connectivity index (χ3n) is 4.12. The summed E-state index contributed by atoms with van der Waals surface area (Å²) in [6.45, 7) is 3.95. The van der Waals surface area contributed by atoms with E-state index in [1.165, 1.54) is 0 Å². The Morgan fingerprint density at radius 1 is 1.17 bits per heavy atom. The highest BCUT2D eigenvalue weighted by Gasteiger charge is 2.23. The molecule has 3 nitrogen and oxygen atoms in total. The van der Waals surface area contributed by atoms with Gasteiger partial charge in [-0.05, 0) is 30.5 Å². The van der Waals surface area contributed by atoms with Crippen molar-refractivity contribution in [1.29, 1.82) is 5.41 Å². The summed E-state index contributed by atoms with van der Waals surface area (Å²) in [4.78, 5) is 4.61. The number of aliphatic hydroxyl groups excluding tert-OH is 1. The van der Waals surface area contributed by atoms with Crippen LogP contribution in [0.4, 0.5) is 0 Å². The lowest BCUT2D eigenvalue weighted by Gasteiger charge is -2.12. The quantitative estimate of drug-likeness (QED) is 0.728. The molecule has 0 fully saturated rings. The summed E-state index contributed by atoms with van der Waals surface area (Å²) in [6, 6.07) is 7.52. The summed E-state index contributed by atoms with van der Waals surface area (Å²) in [5.41, 5.74) is 4.40. The summed E-state index contributed by atoms with van der Waals surface area (Å²) in [6.07, 6.45) is 8.19. The largest absolute Gasteiger partial charge is 0.510 e. The number of aliphatic hydroxyl groups is 1. The maximum absolute atomic E-state index is 10.4. The number of aliphatic imine (C=N–C) groups is 1. The zero-order valence-electron chi connectivity index (χ0n) is 13.7. The molecule has 2 N–H and O–H groups in total. The van der Waals surface area contributed by atoms with Gasteiger partial charge in [0.25, 0.3) is 0 Å². The number of hydrogen-bond donors (Lipinski definition) is 2. The molecule has 0 aromatic heterocycles. The maximum atomic E-state index is 10.4. The Bertz CT molecular complexity index is 839. The van der Waals surface area contributed by atoms with Crippen LogP contribution in [0.2, 0.25) is 5.02 Å². The molecule has 0 saturated heterocycles. The lowest BCUT2D eigenvalue weighted by molar-refractivity contribution is 0.401. The minimum atomic E-state index is 0.131. The molecule has 1 aromatic rings. The van der Waals surface area contributed by atoms with Crippen LogP contribution in [0.5, 0.6) is 0 Å². The van der Waals surface area contributed by atoms with Gasteiger partial charge in [0, 0.05) is 27.4 Å². The van der Waals surface area contributed by atoms with Crippen molar-refractivity contribution in [2.45, 2.75) is 13.8 Å². The van der Waals surface area contributed by atoms with Crippen LogP contribution < -0.4 is 0 Å². The van der Waals surface area contributed by atoms with Crippen LogP contribution in [0.3, 0.4) is 0 Å². The number of halogens is 1. The Morgan fingerprint density at radius 2 is 1.79 bits per heavy atom. The predicted octanol–water partition coefficient (Wildman–Crippen LogP) is 5.05. The fraction of sp³-hybridized carbons (Fsp3) is 0.200. The Labute approximate surface area is 146 Å². The fourth-order valence-corrected chi connectivity index (χ4v) is 3.04. The van der Waals surface area contributed by atoms with Gasteiger partial charge in [-0.1, -0.05) is 55.0 Å². The van der Waals surface area contributed by atoms with Gasteiger partial charge in [0.2, 0.25) is 0 Å². The number of nitrogens with zero attached hydrogens (tertiary/aromatic N) is 1. The molecule has 122 valence electrons. The molecule has 0 radical (unpaired) electrons. The summed E-state index contributed by atoms with van der Waals surface area (Å²) < 4.78 is 0. The zero-order chi connectivity index (χ0) is 17.3. The lowest BCUT2D eigenvalue weighted by Crippen LogP contribution is -2.08. The van der Waals surface area contributed by atoms with Gasteiger partial charge in [-0.2, -0.15) is 0 Å². The minimum Gasteiger partial charge on any atom is -0.510 e. The van der Waals surface area contributed by atoms with Gasteiger partial charge >= 0.3 is 0 Å².